The van der Waals surface area contributed by atoms with E-state index in [9.17, 15) is 0 Å². The van der Waals surface area contributed by atoms with Crippen LogP contribution in [0.15, 0.2) is 6.20 Å². The van der Waals surface area contributed by atoms with Gasteiger partial charge in [0.05, 0.1) is 11.9 Å². The molecule has 2 aromatic rings. The Balaban J connectivity index is 2.90. The average Bonchev–Trinajstić information content (AvgIpc) is 2.35. The number of hydrogen-bond acceptors (Lipinski definition) is 3. The lowest BCUT2D eigenvalue weighted by atomic mass is 10.6. The van der Waals surface area contributed by atoms with E-state index < -0.39 is 0 Å². The molecule has 0 aliphatic carbocycles. The summed E-state index contributed by atoms with van der Waals surface area (Å²) in [7, 11) is 0. The van der Waals surface area contributed by atoms with Crippen molar-refractivity contribution in [3.05, 3.63) is 16.9 Å². The second-order valence-electron chi connectivity index (χ2n) is 2.22. The predicted octanol–water partition coefficient (Wildman–Crippen LogP) is 1.41. The van der Waals surface area contributed by atoms with Crippen LogP contribution in [0.3, 0.4) is 0 Å². The molecule has 4 heteroatoms. The molecule has 0 saturated carbocycles. The molecule has 10 heavy (non-hydrogen) atoms. The number of aromatic nitrogens is 3. The van der Waals surface area contributed by atoms with Crippen molar-refractivity contribution in [1.29, 1.82) is 0 Å². The number of hydrogen-bond donors (Lipinski definition) is 0. The first kappa shape index (κ1) is 5.85. The molecule has 0 saturated heterocycles. The molecule has 0 atom stereocenters. The van der Waals surface area contributed by atoms with E-state index in [0.29, 0.717) is 0 Å². The molecule has 52 valence electrons. The normalized spacial score (nSPS) is 11.0. The summed E-state index contributed by atoms with van der Waals surface area (Å²) in [5.41, 5.74) is 1.10. The monoisotopic (exact) mass is 153 g/mol. The number of imidazole rings is 1. The maximum atomic E-state index is 4.25. The van der Waals surface area contributed by atoms with Crippen molar-refractivity contribution < 1.29 is 0 Å². The number of rotatable bonds is 0. The highest BCUT2D eigenvalue weighted by Gasteiger charge is 2.01. The molecule has 0 fully saturated rings. The van der Waals surface area contributed by atoms with Crippen LogP contribution < -0.4 is 0 Å². The fourth-order valence-corrected chi connectivity index (χ4v) is 1.66. The van der Waals surface area contributed by atoms with E-state index >= 15 is 0 Å². The largest absolute Gasteiger partial charge is 0.226 e. The SMILES string of the molecule is Cc1nn2c(C)cnc2s1. The zero-order valence-corrected chi connectivity index (χ0v) is 6.64. The van der Waals surface area contributed by atoms with Gasteiger partial charge >= 0.3 is 0 Å². The standard InChI is InChI=1S/C6H7N3S/c1-4-3-7-6-9(4)8-5(2)10-6/h3H,1-2H3. The van der Waals surface area contributed by atoms with Gasteiger partial charge in [0.2, 0.25) is 4.96 Å². The first-order valence-electron chi connectivity index (χ1n) is 3.05. The molecular formula is C6H7N3S. The molecule has 3 nitrogen and oxygen atoms in total. The Morgan fingerprint density at radius 1 is 1.50 bits per heavy atom. The minimum Gasteiger partial charge on any atom is -0.226 e. The summed E-state index contributed by atoms with van der Waals surface area (Å²) in [4.78, 5) is 5.14. The average molecular weight is 153 g/mol. The molecule has 0 aliphatic rings. The van der Waals surface area contributed by atoms with Crippen molar-refractivity contribution in [2.45, 2.75) is 13.8 Å². The van der Waals surface area contributed by atoms with E-state index in [1.54, 1.807) is 11.3 Å². The van der Waals surface area contributed by atoms with Crippen molar-refractivity contribution in [2.75, 3.05) is 0 Å². The fraction of sp³-hybridized carbons (Fsp3) is 0.333. The Kier molecular flexibility index (Phi) is 1.05. The lowest BCUT2D eigenvalue weighted by Crippen LogP contribution is -1.85. The molecule has 2 heterocycles. The van der Waals surface area contributed by atoms with E-state index in [0.717, 1.165) is 15.7 Å². The summed E-state index contributed by atoms with van der Waals surface area (Å²) in [5, 5.41) is 5.31. The van der Waals surface area contributed by atoms with Crippen molar-refractivity contribution in [1.82, 2.24) is 14.6 Å². The van der Waals surface area contributed by atoms with Crippen LogP contribution in [0.4, 0.5) is 0 Å². The van der Waals surface area contributed by atoms with Gasteiger partial charge in [-0.05, 0) is 13.8 Å². The van der Waals surface area contributed by atoms with Gasteiger partial charge in [0.25, 0.3) is 0 Å². The van der Waals surface area contributed by atoms with E-state index in [1.807, 2.05) is 24.6 Å². The zero-order chi connectivity index (χ0) is 7.14. The summed E-state index contributed by atoms with van der Waals surface area (Å²) >= 11 is 1.61. The Labute approximate surface area is 62.3 Å². The topological polar surface area (TPSA) is 30.2 Å². The second kappa shape index (κ2) is 1.79. The minimum absolute atomic E-state index is 0.981. The van der Waals surface area contributed by atoms with Crippen molar-refractivity contribution in [2.24, 2.45) is 0 Å². The van der Waals surface area contributed by atoms with E-state index in [4.69, 9.17) is 0 Å². The second-order valence-corrected chi connectivity index (χ2v) is 3.38. The molecule has 2 aromatic heterocycles. The van der Waals surface area contributed by atoms with Crippen LogP contribution in [0.25, 0.3) is 4.96 Å². The van der Waals surface area contributed by atoms with Gasteiger partial charge in [0.15, 0.2) is 0 Å². The van der Waals surface area contributed by atoms with Crippen molar-refractivity contribution in [3.63, 3.8) is 0 Å². The molecule has 0 unspecified atom stereocenters. The van der Waals surface area contributed by atoms with Crippen LogP contribution >= 0.6 is 11.3 Å². The number of aryl methyl sites for hydroxylation is 2. The van der Waals surface area contributed by atoms with Crippen molar-refractivity contribution >= 4 is 16.3 Å². The van der Waals surface area contributed by atoms with Crippen LogP contribution in [0.1, 0.15) is 10.7 Å². The molecule has 0 amide bonds. The van der Waals surface area contributed by atoms with Gasteiger partial charge in [-0.2, -0.15) is 5.10 Å². The molecule has 0 spiro atoms. The van der Waals surface area contributed by atoms with Crippen LogP contribution in [-0.2, 0) is 0 Å². The van der Waals surface area contributed by atoms with E-state index in [1.165, 1.54) is 0 Å². The van der Waals surface area contributed by atoms with Gasteiger partial charge in [-0.15, -0.1) is 0 Å². The molecular weight excluding hydrogens is 146 g/mol. The quantitative estimate of drug-likeness (QED) is 0.572. The van der Waals surface area contributed by atoms with Crippen LogP contribution in [0.2, 0.25) is 0 Å². The molecule has 2 rings (SSSR count). The van der Waals surface area contributed by atoms with E-state index in [2.05, 4.69) is 10.1 Å². The van der Waals surface area contributed by atoms with Gasteiger partial charge in [-0.25, -0.2) is 9.50 Å². The van der Waals surface area contributed by atoms with Gasteiger partial charge in [0.1, 0.15) is 5.01 Å². The third kappa shape index (κ3) is 0.654. The summed E-state index contributed by atoms with van der Waals surface area (Å²) < 4.78 is 1.86. The summed E-state index contributed by atoms with van der Waals surface area (Å²) in [6, 6.07) is 0. The Bertz CT molecular complexity index is 360. The molecule has 0 radical (unpaired) electrons. The minimum atomic E-state index is 0.981. The highest BCUT2D eigenvalue weighted by atomic mass is 32.1. The molecule has 0 bridgehead atoms. The van der Waals surface area contributed by atoms with Crippen LogP contribution in [-0.4, -0.2) is 14.6 Å². The van der Waals surface area contributed by atoms with Gasteiger partial charge in [-0.3, -0.25) is 0 Å². The highest BCUT2D eigenvalue weighted by molar-refractivity contribution is 7.16. The Morgan fingerprint density at radius 2 is 2.30 bits per heavy atom. The Morgan fingerprint density at radius 3 is 3.00 bits per heavy atom. The first-order valence-corrected chi connectivity index (χ1v) is 3.87. The van der Waals surface area contributed by atoms with E-state index in [-0.39, 0.29) is 0 Å². The predicted molar refractivity (Wildman–Crippen MR) is 40.3 cm³/mol. The molecule has 0 aromatic carbocycles. The first-order chi connectivity index (χ1) is 4.77. The fourth-order valence-electron chi connectivity index (χ4n) is 0.893. The third-order valence-electron chi connectivity index (χ3n) is 1.36. The third-order valence-corrected chi connectivity index (χ3v) is 2.19. The Hall–Kier alpha value is -0.900. The maximum Gasteiger partial charge on any atom is 0.212 e. The summed E-state index contributed by atoms with van der Waals surface area (Å²) in [5.74, 6) is 0. The van der Waals surface area contributed by atoms with Gasteiger partial charge in [-0.1, -0.05) is 11.3 Å². The highest BCUT2D eigenvalue weighted by Crippen LogP contribution is 2.12. The summed E-state index contributed by atoms with van der Waals surface area (Å²) in [6.45, 7) is 3.98. The van der Waals surface area contributed by atoms with Gasteiger partial charge in [0, 0.05) is 0 Å². The number of nitrogens with zero attached hydrogens (tertiary/aromatic N) is 3. The lowest BCUT2D eigenvalue weighted by molar-refractivity contribution is 0.909. The van der Waals surface area contributed by atoms with Gasteiger partial charge < -0.3 is 0 Å². The van der Waals surface area contributed by atoms with Crippen LogP contribution in [0, 0.1) is 13.8 Å². The number of fused-ring (bicyclic) bond motifs is 1. The zero-order valence-electron chi connectivity index (χ0n) is 5.83. The smallest absolute Gasteiger partial charge is 0.212 e. The summed E-state index contributed by atoms with van der Waals surface area (Å²) in [6.07, 6.45) is 1.83. The lowest BCUT2D eigenvalue weighted by Gasteiger charge is -1.81. The molecule has 0 N–H and O–H groups in total. The maximum absolute atomic E-state index is 4.25. The van der Waals surface area contributed by atoms with Crippen molar-refractivity contribution in [3.8, 4) is 0 Å². The van der Waals surface area contributed by atoms with Crippen LogP contribution in [0.5, 0.6) is 0 Å². The molecule has 0 aliphatic heterocycles.